The smallest absolute Gasteiger partial charge is 0.203 e. The van der Waals surface area contributed by atoms with Crippen LogP contribution in [0.2, 0.25) is 0 Å². The maximum atomic E-state index is 5.59. The molecule has 0 aliphatic heterocycles. The van der Waals surface area contributed by atoms with Gasteiger partial charge in [-0.05, 0) is 19.9 Å². The highest BCUT2D eigenvalue weighted by Crippen LogP contribution is 2.17. The number of rotatable bonds is 7. The molecule has 0 spiro atoms. The minimum atomic E-state index is 0.639. The van der Waals surface area contributed by atoms with Crippen LogP contribution in [0, 0.1) is 6.92 Å². The van der Waals surface area contributed by atoms with Gasteiger partial charge in [0, 0.05) is 32.6 Å². The summed E-state index contributed by atoms with van der Waals surface area (Å²) in [6, 6.07) is 0. The second-order valence-electron chi connectivity index (χ2n) is 4.31. The first-order valence-corrected chi connectivity index (χ1v) is 6.38. The van der Waals surface area contributed by atoms with Crippen LogP contribution in [0.4, 0.5) is 5.82 Å². The highest BCUT2D eigenvalue weighted by atomic mass is 16.5. The van der Waals surface area contributed by atoms with Gasteiger partial charge in [-0.3, -0.25) is 4.40 Å². The number of nitrogens with two attached hydrogens (primary N) is 1. The number of anilines is 1. The Kier molecular flexibility index (Phi) is 4.64. The zero-order valence-electron chi connectivity index (χ0n) is 11.4. The van der Waals surface area contributed by atoms with Gasteiger partial charge < -0.3 is 15.4 Å². The van der Waals surface area contributed by atoms with Crippen molar-refractivity contribution in [2.45, 2.75) is 13.3 Å². The van der Waals surface area contributed by atoms with Gasteiger partial charge in [0.2, 0.25) is 5.65 Å². The van der Waals surface area contributed by atoms with Gasteiger partial charge in [-0.1, -0.05) is 0 Å². The number of aryl methyl sites for hydroxylation is 1. The molecule has 7 heteroatoms. The minimum Gasteiger partial charge on any atom is -0.383 e. The molecule has 19 heavy (non-hydrogen) atoms. The Bertz CT molecular complexity index is 518. The maximum Gasteiger partial charge on any atom is 0.203 e. The third kappa shape index (κ3) is 2.99. The Morgan fingerprint density at radius 1 is 1.37 bits per heavy atom. The molecule has 2 aromatic heterocycles. The van der Waals surface area contributed by atoms with Crippen LogP contribution in [-0.2, 0) is 4.74 Å². The minimum absolute atomic E-state index is 0.639. The number of aromatic nitrogens is 4. The Morgan fingerprint density at radius 3 is 2.95 bits per heavy atom. The molecule has 0 bridgehead atoms. The lowest BCUT2D eigenvalue weighted by Crippen LogP contribution is -2.30. The van der Waals surface area contributed by atoms with Crippen molar-refractivity contribution in [3.8, 4) is 0 Å². The van der Waals surface area contributed by atoms with Crippen LogP contribution in [0.15, 0.2) is 12.4 Å². The summed E-state index contributed by atoms with van der Waals surface area (Å²) < 4.78 is 7.08. The van der Waals surface area contributed by atoms with E-state index >= 15 is 0 Å². The van der Waals surface area contributed by atoms with Crippen LogP contribution in [0.3, 0.4) is 0 Å². The molecule has 7 nitrogen and oxygen atoms in total. The van der Waals surface area contributed by atoms with Gasteiger partial charge in [-0.25, -0.2) is 4.98 Å². The predicted octanol–water partition coefficient (Wildman–Crippen LogP) is 0.234. The van der Waals surface area contributed by atoms with Gasteiger partial charge >= 0.3 is 0 Å². The summed E-state index contributed by atoms with van der Waals surface area (Å²) in [5.41, 5.74) is 6.36. The van der Waals surface area contributed by atoms with E-state index in [2.05, 4.69) is 20.1 Å². The summed E-state index contributed by atoms with van der Waals surface area (Å²) >= 11 is 0. The van der Waals surface area contributed by atoms with E-state index in [1.165, 1.54) is 0 Å². The summed E-state index contributed by atoms with van der Waals surface area (Å²) in [5.74, 6) is 1.68. The number of hydrogen-bond donors (Lipinski definition) is 1. The monoisotopic (exact) mass is 264 g/mol. The van der Waals surface area contributed by atoms with Crippen molar-refractivity contribution >= 4 is 11.5 Å². The fraction of sp³-hybridized carbons (Fsp3) is 0.583. The maximum absolute atomic E-state index is 5.59. The molecule has 2 rings (SSSR count). The van der Waals surface area contributed by atoms with Crippen LogP contribution in [0.5, 0.6) is 0 Å². The summed E-state index contributed by atoms with van der Waals surface area (Å²) in [4.78, 5) is 6.57. The molecular formula is C12H20N6O. The van der Waals surface area contributed by atoms with Crippen molar-refractivity contribution in [2.75, 3.05) is 38.3 Å². The highest BCUT2D eigenvalue weighted by Gasteiger charge is 2.14. The standard InChI is InChI=1S/C12H20N6O/c1-10-15-16-12-11(14-5-7-18(10)12)17(6-3-4-13)8-9-19-2/h5,7H,3-4,6,8-9,13H2,1-2H3. The van der Waals surface area contributed by atoms with Crippen molar-refractivity contribution in [1.82, 2.24) is 19.6 Å². The first kappa shape index (κ1) is 13.7. The Labute approximate surface area is 112 Å². The third-order valence-electron chi connectivity index (χ3n) is 2.98. The topological polar surface area (TPSA) is 81.6 Å². The second-order valence-corrected chi connectivity index (χ2v) is 4.31. The van der Waals surface area contributed by atoms with Crippen LogP contribution < -0.4 is 10.6 Å². The van der Waals surface area contributed by atoms with E-state index in [0.717, 1.165) is 36.8 Å². The van der Waals surface area contributed by atoms with E-state index in [4.69, 9.17) is 10.5 Å². The first-order valence-electron chi connectivity index (χ1n) is 6.38. The molecule has 0 aromatic carbocycles. The molecule has 2 heterocycles. The van der Waals surface area contributed by atoms with E-state index in [1.54, 1.807) is 13.3 Å². The predicted molar refractivity (Wildman–Crippen MR) is 73.3 cm³/mol. The number of ether oxygens (including phenoxy) is 1. The van der Waals surface area contributed by atoms with Crippen molar-refractivity contribution in [1.29, 1.82) is 0 Å². The van der Waals surface area contributed by atoms with Crippen LogP contribution in [0.1, 0.15) is 12.2 Å². The van der Waals surface area contributed by atoms with Crippen molar-refractivity contribution < 1.29 is 4.74 Å². The zero-order valence-corrected chi connectivity index (χ0v) is 11.4. The van der Waals surface area contributed by atoms with Crippen molar-refractivity contribution in [2.24, 2.45) is 5.73 Å². The normalized spacial score (nSPS) is 11.1. The van der Waals surface area contributed by atoms with E-state index in [1.807, 2.05) is 17.5 Å². The van der Waals surface area contributed by atoms with Crippen molar-refractivity contribution in [3.05, 3.63) is 18.2 Å². The quantitative estimate of drug-likeness (QED) is 0.771. The zero-order chi connectivity index (χ0) is 13.7. The van der Waals surface area contributed by atoms with E-state index in [0.29, 0.717) is 13.2 Å². The molecule has 0 saturated heterocycles. The lowest BCUT2D eigenvalue weighted by Gasteiger charge is -2.23. The van der Waals surface area contributed by atoms with Gasteiger partial charge in [0.15, 0.2) is 5.82 Å². The second kappa shape index (κ2) is 6.44. The number of fused-ring (bicyclic) bond motifs is 1. The molecule has 0 saturated carbocycles. The Hall–Kier alpha value is -1.73. The molecule has 0 amide bonds. The lowest BCUT2D eigenvalue weighted by atomic mass is 10.3. The summed E-state index contributed by atoms with van der Waals surface area (Å²) in [5, 5.41) is 8.28. The molecule has 0 radical (unpaired) electrons. The molecular weight excluding hydrogens is 244 g/mol. The van der Waals surface area contributed by atoms with E-state index in [-0.39, 0.29) is 0 Å². The van der Waals surface area contributed by atoms with Gasteiger partial charge in [0.05, 0.1) is 6.61 Å². The summed E-state index contributed by atoms with van der Waals surface area (Å²) in [7, 11) is 1.69. The lowest BCUT2D eigenvalue weighted by molar-refractivity contribution is 0.205. The molecule has 0 fully saturated rings. The van der Waals surface area contributed by atoms with Crippen LogP contribution in [0.25, 0.3) is 5.65 Å². The average molecular weight is 264 g/mol. The fourth-order valence-corrected chi connectivity index (χ4v) is 1.96. The Morgan fingerprint density at radius 2 is 2.21 bits per heavy atom. The van der Waals surface area contributed by atoms with Gasteiger partial charge in [0.1, 0.15) is 5.82 Å². The number of methoxy groups -OCH3 is 1. The molecule has 2 aromatic rings. The van der Waals surface area contributed by atoms with Gasteiger partial charge in [-0.2, -0.15) is 0 Å². The van der Waals surface area contributed by atoms with Crippen LogP contribution in [-0.4, -0.2) is 52.9 Å². The summed E-state index contributed by atoms with van der Waals surface area (Å²) in [6.07, 6.45) is 4.53. The van der Waals surface area contributed by atoms with E-state index in [9.17, 15) is 0 Å². The first-order chi connectivity index (χ1) is 9.27. The van der Waals surface area contributed by atoms with Crippen LogP contribution >= 0.6 is 0 Å². The largest absolute Gasteiger partial charge is 0.383 e. The van der Waals surface area contributed by atoms with Gasteiger partial charge in [0.25, 0.3) is 0 Å². The summed E-state index contributed by atoms with van der Waals surface area (Å²) in [6.45, 7) is 4.80. The number of nitrogens with zero attached hydrogens (tertiary/aromatic N) is 5. The van der Waals surface area contributed by atoms with E-state index < -0.39 is 0 Å². The molecule has 0 unspecified atom stereocenters. The molecule has 2 N–H and O–H groups in total. The molecule has 0 atom stereocenters. The average Bonchev–Trinajstić information content (AvgIpc) is 2.81. The highest BCUT2D eigenvalue weighted by molar-refractivity contribution is 5.63. The molecule has 0 aliphatic rings. The number of hydrogen-bond acceptors (Lipinski definition) is 6. The SMILES string of the molecule is COCCN(CCCN)c1nccn2c(C)nnc12. The van der Waals surface area contributed by atoms with Crippen molar-refractivity contribution in [3.63, 3.8) is 0 Å². The Balaban J connectivity index is 2.31. The van der Waals surface area contributed by atoms with Gasteiger partial charge in [-0.15, -0.1) is 10.2 Å². The molecule has 104 valence electrons. The third-order valence-corrected chi connectivity index (χ3v) is 2.98. The fourth-order valence-electron chi connectivity index (χ4n) is 1.96. The molecule has 0 aliphatic carbocycles.